The van der Waals surface area contributed by atoms with E-state index in [4.69, 9.17) is 0 Å². The van der Waals surface area contributed by atoms with E-state index in [9.17, 15) is 10.2 Å². The van der Waals surface area contributed by atoms with Crippen LogP contribution in [0.15, 0.2) is 29.3 Å². The molecular weight excluding hydrogens is 272 g/mol. The summed E-state index contributed by atoms with van der Waals surface area (Å²) in [6.07, 6.45) is 7.27. The maximum absolute atomic E-state index is 10.2. The third-order valence-electron chi connectivity index (χ3n) is 6.75. The number of hydrogen-bond donors (Lipinski definition) is 2. The van der Waals surface area contributed by atoms with Crippen molar-refractivity contribution in [3.8, 4) is 5.75 Å². The van der Waals surface area contributed by atoms with Crippen molar-refractivity contribution in [3.05, 3.63) is 40.5 Å². The summed E-state index contributed by atoms with van der Waals surface area (Å²) in [5.41, 5.74) is 6.32. The molecule has 0 spiro atoms. The van der Waals surface area contributed by atoms with Gasteiger partial charge in [-0.15, -0.1) is 0 Å². The molecule has 118 valence electrons. The zero-order valence-corrected chi connectivity index (χ0v) is 13.7. The van der Waals surface area contributed by atoms with Crippen molar-refractivity contribution >= 4 is 0 Å². The number of allylic oxidation sites excluding steroid dienone is 1. The minimum atomic E-state index is -0.152. The number of benzene rings is 1. The first-order valence-electron chi connectivity index (χ1n) is 8.72. The quantitative estimate of drug-likeness (QED) is 0.761. The molecule has 0 saturated heterocycles. The summed E-state index contributed by atoms with van der Waals surface area (Å²) in [5.74, 6) is 0.387. The zero-order valence-electron chi connectivity index (χ0n) is 13.7. The van der Waals surface area contributed by atoms with Crippen LogP contribution in [0.3, 0.4) is 0 Å². The molecule has 1 fully saturated rings. The van der Waals surface area contributed by atoms with Crippen LogP contribution in [0, 0.1) is 5.41 Å². The summed E-state index contributed by atoms with van der Waals surface area (Å²) in [4.78, 5) is 0. The fourth-order valence-electron chi connectivity index (χ4n) is 5.65. The van der Waals surface area contributed by atoms with Crippen molar-refractivity contribution in [2.45, 2.75) is 70.3 Å². The molecule has 2 nitrogen and oxygen atoms in total. The highest BCUT2D eigenvalue weighted by Crippen LogP contribution is 2.60. The second-order valence-corrected chi connectivity index (χ2v) is 7.86. The normalized spacial score (nSPS) is 36.8. The van der Waals surface area contributed by atoms with Crippen molar-refractivity contribution in [1.82, 2.24) is 0 Å². The molecule has 3 aliphatic carbocycles. The zero-order chi connectivity index (χ0) is 15.5. The van der Waals surface area contributed by atoms with E-state index in [-0.39, 0.29) is 16.9 Å². The molecule has 2 heteroatoms. The molecule has 0 aromatic heterocycles. The lowest BCUT2D eigenvalue weighted by Gasteiger charge is -2.49. The van der Waals surface area contributed by atoms with Gasteiger partial charge in [-0.05, 0) is 73.6 Å². The van der Waals surface area contributed by atoms with Gasteiger partial charge in [-0.25, -0.2) is 0 Å². The molecule has 0 unspecified atom stereocenters. The Labute approximate surface area is 132 Å². The second-order valence-electron chi connectivity index (χ2n) is 7.86. The molecule has 0 aliphatic heterocycles. The second kappa shape index (κ2) is 4.61. The molecule has 1 aromatic carbocycles. The Morgan fingerprint density at radius 2 is 2.00 bits per heavy atom. The third-order valence-corrected chi connectivity index (χ3v) is 6.75. The number of rotatable bonds is 1. The van der Waals surface area contributed by atoms with Gasteiger partial charge in [0, 0.05) is 5.41 Å². The van der Waals surface area contributed by atoms with Crippen LogP contribution >= 0.6 is 0 Å². The van der Waals surface area contributed by atoms with Crippen LogP contribution in [0.5, 0.6) is 5.75 Å². The Morgan fingerprint density at radius 1 is 1.18 bits per heavy atom. The number of aromatic hydroxyl groups is 1. The fourth-order valence-corrected chi connectivity index (χ4v) is 5.65. The number of phenols is 1. The molecular formula is C20H26O2. The van der Waals surface area contributed by atoms with Crippen LogP contribution in [0.2, 0.25) is 0 Å². The molecule has 3 aliphatic rings. The van der Waals surface area contributed by atoms with Gasteiger partial charge < -0.3 is 10.2 Å². The molecule has 0 amide bonds. The van der Waals surface area contributed by atoms with E-state index >= 15 is 0 Å². The van der Waals surface area contributed by atoms with E-state index < -0.39 is 0 Å². The number of hydrogen-bond acceptors (Lipinski definition) is 2. The van der Waals surface area contributed by atoms with E-state index in [1.165, 1.54) is 24.0 Å². The first-order chi connectivity index (χ1) is 10.5. The predicted octanol–water partition coefficient (Wildman–Crippen LogP) is 4.24. The van der Waals surface area contributed by atoms with Crippen molar-refractivity contribution in [2.24, 2.45) is 5.41 Å². The van der Waals surface area contributed by atoms with Gasteiger partial charge in [-0.3, -0.25) is 0 Å². The average Bonchev–Trinajstić information content (AvgIpc) is 2.80. The molecule has 22 heavy (non-hydrogen) atoms. The number of aryl methyl sites for hydroxylation is 1. The van der Waals surface area contributed by atoms with Crippen LogP contribution in [-0.4, -0.2) is 16.3 Å². The van der Waals surface area contributed by atoms with Crippen LogP contribution in [0.1, 0.15) is 63.5 Å². The summed E-state index contributed by atoms with van der Waals surface area (Å²) in [6, 6.07) is 5.97. The van der Waals surface area contributed by atoms with Gasteiger partial charge in [0.1, 0.15) is 5.75 Å². The largest absolute Gasteiger partial charge is 0.508 e. The predicted molar refractivity (Wildman–Crippen MR) is 88.0 cm³/mol. The Morgan fingerprint density at radius 3 is 2.77 bits per heavy atom. The summed E-state index contributed by atoms with van der Waals surface area (Å²) < 4.78 is 0. The Balaban J connectivity index is 1.93. The Bertz CT molecular complexity index is 660. The van der Waals surface area contributed by atoms with Crippen molar-refractivity contribution < 1.29 is 10.2 Å². The van der Waals surface area contributed by atoms with Gasteiger partial charge in [-0.2, -0.15) is 0 Å². The van der Waals surface area contributed by atoms with Gasteiger partial charge in [-0.1, -0.05) is 31.1 Å². The summed E-state index contributed by atoms with van der Waals surface area (Å²) in [6.45, 7) is 4.66. The van der Waals surface area contributed by atoms with Gasteiger partial charge in [0.15, 0.2) is 0 Å². The van der Waals surface area contributed by atoms with Crippen molar-refractivity contribution in [3.63, 3.8) is 0 Å². The minimum absolute atomic E-state index is 0.152. The number of phenolic OH excluding ortho intramolecular Hbond substituents is 1. The SMILES string of the molecule is CC[C@]12CC[C@@]3(C)C[C@@H](O)CC3=C1CCc1cc(O)ccc12. The number of fused-ring (bicyclic) bond motifs is 4. The maximum Gasteiger partial charge on any atom is 0.115 e. The Kier molecular flexibility index (Phi) is 3.00. The molecule has 4 rings (SSSR count). The van der Waals surface area contributed by atoms with Crippen molar-refractivity contribution in [2.75, 3.05) is 0 Å². The standard InChI is InChI=1S/C20H26O2/c1-3-20-9-8-19(2)12-15(22)11-18(19)17(20)6-4-13-10-14(21)5-7-16(13)20/h5,7,10,15,21-22H,3-4,6,8-9,11-12H2,1-2H3/t15-,19-,20+/m0/s1. The van der Waals surface area contributed by atoms with Gasteiger partial charge in [0.05, 0.1) is 6.10 Å². The van der Waals surface area contributed by atoms with E-state index in [2.05, 4.69) is 19.9 Å². The van der Waals surface area contributed by atoms with Crippen LogP contribution in [0.25, 0.3) is 0 Å². The lowest BCUT2D eigenvalue weighted by molar-refractivity contribution is 0.155. The molecule has 0 radical (unpaired) electrons. The van der Waals surface area contributed by atoms with Crippen LogP contribution < -0.4 is 0 Å². The third kappa shape index (κ3) is 1.76. The van der Waals surface area contributed by atoms with Gasteiger partial charge in [0.25, 0.3) is 0 Å². The molecule has 0 heterocycles. The highest BCUT2D eigenvalue weighted by atomic mass is 16.3. The molecule has 1 saturated carbocycles. The monoisotopic (exact) mass is 298 g/mol. The molecule has 1 aromatic rings. The smallest absolute Gasteiger partial charge is 0.115 e. The van der Waals surface area contributed by atoms with Gasteiger partial charge >= 0.3 is 0 Å². The average molecular weight is 298 g/mol. The number of aliphatic hydroxyl groups excluding tert-OH is 1. The summed E-state index contributed by atoms with van der Waals surface area (Å²) in [7, 11) is 0. The fraction of sp³-hybridized carbons (Fsp3) is 0.600. The molecule has 3 atom stereocenters. The van der Waals surface area contributed by atoms with E-state index in [1.807, 2.05) is 12.1 Å². The van der Waals surface area contributed by atoms with E-state index in [0.29, 0.717) is 5.75 Å². The first kappa shape index (κ1) is 14.3. The topological polar surface area (TPSA) is 40.5 Å². The van der Waals surface area contributed by atoms with Crippen LogP contribution in [-0.2, 0) is 11.8 Å². The lowest BCUT2D eigenvalue weighted by atomic mass is 9.55. The highest BCUT2D eigenvalue weighted by molar-refractivity contribution is 5.52. The maximum atomic E-state index is 10.2. The van der Waals surface area contributed by atoms with Crippen LogP contribution in [0.4, 0.5) is 0 Å². The van der Waals surface area contributed by atoms with E-state index in [0.717, 1.165) is 32.1 Å². The summed E-state index contributed by atoms with van der Waals surface area (Å²) >= 11 is 0. The molecule has 2 N–H and O–H groups in total. The highest BCUT2D eigenvalue weighted by Gasteiger charge is 2.51. The van der Waals surface area contributed by atoms with Gasteiger partial charge in [0.2, 0.25) is 0 Å². The minimum Gasteiger partial charge on any atom is -0.508 e. The number of aliphatic hydroxyl groups is 1. The lowest BCUT2D eigenvalue weighted by Crippen LogP contribution is -2.40. The van der Waals surface area contributed by atoms with E-state index in [1.54, 1.807) is 11.1 Å². The summed E-state index contributed by atoms with van der Waals surface area (Å²) in [5, 5.41) is 20.1. The molecule has 0 bridgehead atoms. The Hall–Kier alpha value is -1.28. The first-order valence-corrected chi connectivity index (χ1v) is 8.72. The van der Waals surface area contributed by atoms with Crippen molar-refractivity contribution in [1.29, 1.82) is 0 Å².